The zero-order valence-corrected chi connectivity index (χ0v) is 19.6. The number of aliphatic carboxylic acids is 1. The molecule has 34 heavy (non-hydrogen) atoms. The van der Waals surface area contributed by atoms with Crippen molar-refractivity contribution in [3.05, 3.63) is 71.8 Å². The molecule has 8 heteroatoms. The van der Waals surface area contributed by atoms with Crippen molar-refractivity contribution in [3.63, 3.8) is 0 Å². The Bertz CT molecular complexity index is 1000. The van der Waals surface area contributed by atoms with Crippen LogP contribution in [0.4, 0.5) is 4.79 Å². The standard InChI is InChI=1S/C26H31NO7/c1-25(2,3)34-22(28)17-33-21-16-27(24(31)32)26(23(29)30,15-19-12-8-5-9-13-19)20(21)14-18-10-6-4-7-11-18/h4-13,20-21H,14-17H2,1-3H3,(H,29,30)(H,31,32)/t20?,21-,26-/m0/s1. The maximum absolute atomic E-state index is 12.9. The molecule has 1 saturated heterocycles. The monoisotopic (exact) mass is 469 g/mol. The van der Waals surface area contributed by atoms with Gasteiger partial charge in [0.2, 0.25) is 0 Å². The van der Waals surface area contributed by atoms with Crippen LogP contribution >= 0.6 is 0 Å². The minimum atomic E-state index is -1.78. The highest BCUT2D eigenvalue weighted by molar-refractivity contribution is 5.86. The minimum absolute atomic E-state index is 0.0285. The fraction of sp³-hybridized carbons (Fsp3) is 0.423. The molecule has 1 heterocycles. The van der Waals surface area contributed by atoms with Crippen LogP contribution in [0.5, 0.6) is 0 Å². The van der Waals surface area contributed by atoms with Gasteiger partial charge in [-0.25, -0.2) is 14.4 Å². The zero-order valence-electron chi connectivity index (χ0n) is 19.6. The van der Waals surface area contributed by atoms with Gasteiger partial charge in [0.25, 0.3) is 0 Å². The molecule has 8 nitrogen and oxygen atoms in total. The van der Waals surface area contributed by atoms with E-state index in [4.69, 9.17) is 9.47 Å². The van der Waals surface area contributed by atoms with Crippen molar-refractivity contribution in [2.75, 3.05) is 13.2 Å². The smallest absolute Gasteiger partial charge is 0.408 e. The van der Waals surface area contributed by atoms with Crippen molar-refractivity contribution in [3.8, 4) is 0 Å². The molecule has 0 bridgehead atoms. The van der Waals surface area contributed by atoms with Gasteiger partial charge < -0.3 is 19.7 Å². The predicted molar refractivity (Wildman–Crippen MR) is 124 cm³/mol. The lowest BCUT2D eigenvalue weighted by molar-refractivity contribution is -0.163. The number of likely N-dealkylation sites (tertiary alicyclic amines) is 1. The summed E-state index contributed by atoms with van der Waals surface area (Å²) >= 11 is 0. The fourth-order valence-electron chi connectivity index (χ4n) is 4.59. The highest BCUT2D eigenvalue weighted by atomic mass is 16.6. The number of hydrogen-bond donors (Lipinski definition) is 2. The van der Waals surface area contributed by atoms with Crippen molar-refractivity contribution < 1.29 is 34.1 Å². The molecule has 1 amide bonds. The van der Waals surface area contributed by atoms with Crippen molar-refractivity contribution in [2.24, 2.45) is 5.92 Å². The van der Waals surface area contributed by atoms with Gasteiger partial charge in [-0.2, -0.15) is 0 Å². The van der Waals surface area contributed by atoms with Crippen LogP contribution in [0, 0.1) is 5.92 Å². The molecule has 2 N–H and O–H groups in total. The maximum atomic E-state index is 12.9. The first kappa shape index (κ1) is 25.2. The second-order valence-electron chi connectivity index (χ2n) is 9.52. The molecule has 2 aromatic carbocycles. The van der Waals surface area contributed by atoms with E-state index in [1.807, 2.05) is 36.4 Å². The van der Waals surface area contributed by atoms with Gasteiger partial charge in [-0.05, 0) is 38.3 Å². The molecule has 182 valence electrons. The van der Waals surface area contributed by atoms with Gasteiger partial charge in [-0.1, -0.05) is 60.7 Å². The third-order valence-electron chi connectivity index (χ3n) is 5.96. The van der Waals surface area contributed by atoms with Crippen LogP contribution in [-0.2, 0) is 31.9 Å². The van der Waals surface area contributed by atoms with Crippen molar-refractivity contribution in [1.82, 2.24) is 4.90 Å². The Morgan fingerprint density at radius 3 is 2.03 bits per heavy atom. The fourth-order valence-corrected chi connectivity index (χ4v) is 4.59. The van der Waals surface area contributed by atoms with E-state index in [1.54, 1.807) is 45.0 Å². The molecule has 0 aromatic heterocycles. The maximum Gasteiger partial charge on any atom is 0.408 e. The van der Waals surface area contributed by atoms with Crippen LogP contribution in [0.3, 0.4) is 0 Å². The van der Waals surface area contributed by atoms with Gasteiger partial charge in [0.1, 0.15) is 12.2 Å². The van der Waals surface area contributed by atoms with Crippen LogP contribution in [0.25, 0.3) is 0 Å². The molecule has 0 spiro atoms. The van der Waals surface area contributed by atoms with Gasteiger partial charge in [-0.15, -0.1) is 0 Å². The van der Waals surface area contributed by atoms with E-state index in [9.17, 15) is 24.6 Å². The number of carboxylic acid groups (broad SMARTS) is 2. The number of carboxylic acids is 1. The number of ether oxygens (including phenoxy) is 2. The van der Waals surface area contributed by atoms with E-state index >= 15 is 0 Å². The number of hydrogen-bond acceptors (Lipinski definition) is 5. The van der Waals surface area contributed by atoms with Gasteiger partial charge in [0, 0.05) is 12.3 Å². The predicted octanol–water partition coefficient (Wildman–Crippen LogP) is 3.63. The van der Waals surface area contributed by atoms with Gasteiger partial charge >= 0.3 is 18.0 Å². The molecule has 1 aliphatic rings. The summed E-state index contributed by atoms with van der Waals surface area (Å²) in [4.78, 5) is 38.4. The third kappa shape index (κ3) is 5.75. The lowest BCUT2D eigenvalue weighted by Gasteiger charge is -2.37. The molecule has 1 unspecified atom stereocenters. The van der Waals surface area contributed by atoms with E-state index in [0.29, 0.717) is 5.56 Å². The molecule has 3 atom stereocenters. The second kappa shape index (κ2) is 10.3. The number of esters is 1. The summed E-state index contributed by atoms with van der Waals surface area (Å²) in [6.45, 7) is 4.64. The summed E-state index contributed by atoms with van der Waals surface area (Å²) in [6.07, 6.45) is -1.93. The molecular formula is C26H31NO7. The van der Waals surface area contributed by atoms with Gasteiger partial charge in [0.15, 0.2) is 5.54 Å². The average molecular weight is 470 g/mol. The topological polar surface area (TPSA) is 113 Å². The molecule has 0 saturated carbocycles. The molecule has 0 aliphatic carbocycles. The number of nitrogens with zero attached hydrogens (tertiary/aromatic N) is 1. The zero-order chi connectivity index (χ0) is 24.9. The molecule has 1 aliphatic heterocycles. The van der Waals surface area contributed by atoms with Crippen molar-refractivity contribution in [1.29, 1.82) is 0 Å². The Hall–Kier alpha value is -3.39. The average Bonchev–Trinajstić information content (AvgIpc) is 3.07. The Balaban J connectivity index is 2.00. The quantitative estimate of drug-likeness (QED) is 0.568. The summed E-state index contributed by atoms with van der Waals surface area (Å²) < 4.78 is 11.2. The Morgan fingerprint density at radius 2 is 1.53 bits per heavy atom. The Morgan fingerprint density at radius 1 is 0.971 bits per heavy atom. The highest BCUT2D eigenvalue weighted by Crippen LogP contribution is 2.42. The number of carbonyl (C=O) groups is 3. The Kier molecular flexibility index (Phi) is 7.61. The molecule has 1 fully saturated rings. The molecule has 3 rings (SSSR count). The lowest BCUT2D eigenvalue weighted by Crippen LogP contribution is -2.58. The number of carbonyl (C=O) groups excluding carboxylic acids is 1. The summed E-state index contributed by atoms with van der Waals surface area (Å²) in [5, 5.41) is 20.5. The van der Waals surface area contributed by atoms with Crippen LogP contribution in [0.2, 0.25) is 0 Å². The van der Waals surface area contributed by atoms with Crippen LogP contribution in [-0.4, -0.2) is 63.5 Å². The van der Waals surface area contributed by atoms with E-state index in [1.165, 1.54) is 0 Å². The molecule has 0 radical (unpaired) electrons. The normalized spacial score (nSPS) is 22.4. The van der Waals surface area contributed by atoms with E-state index in [-0.39, 0.29) is 19.4 Å². The third-order valence-corrected chi connectivity index (χ3v) is 5.96. The molecular weight excluding hydrogens is 438 g/mol. The first-order chi connectivity index (χ1) is 16.0. The Labute approximate surface area is 199 Å². The first-order valence-corrected chi connectivity index (χ1v) is 11.2. The first-order valence-electron chi connectivity index (χ1n) is 11.2. The lowest BCUT2D eigenvalue weighted by atomic mass is 9.75. The van der Waals surface area contributed by atoms with E-state index < -0.39 is 47.8 Å². The van der Waals surface area contributed by atoms with Crippen LogP contribution < -0.4 is 0 Å². The van der Waals surface area contributed by atoms with Gasteiger partial charge in [-0.3, -0.25) is 4.90 Å². The summed E-state index contributed by atoms with van der Waals surface area (Å²) in [5.74, 6) is -2.59. The minimum Gasteiger partial charge on any atom is -0.479 e. The SMILES string of the molecule is CC(C)(C)OC(=O)CO[C@H]1CN(C(=O)O)[C@](Cc2ccccc2)(C(=O)O)C1Cc1ccccc1. The van der Waals surface area contributed by atoms with Crippen LogP contribution in [0.1, 0.15) is 31.9 Å². The largest absolute Gasteiger partial charge is 0.479 e. The summed E-state index contributed by atoms with van der Waals surface area (Å²) in [7, 11) is 0. The van der Waals surface area contributed by atoms with E-state index in [2.05, 4.69) is 0 Å². The van der Waals surface area contributed by atoms with Crippen LogP contribution in [0.15, 0.2) is 60.7 Å². The van der Waals surface area contributed by atoms with E-state index in [0.717, 1.165) is 10.5 Å². The summed E-state index contributed by atoms with van der Waals surface area (Å²) in [5.41, 5.74) is -0.932. The van der Waals surface area contributed by atoms with Crippen molar-refractivity contribution in [2.45, 2.75) is 50.9 Å². The van der Waals surface area contributed by atoms with Crippen molar-refractivity contribution >= 4 is 18.0 Å². The summed E-state index contributed by atoms with van der Waals surface area (Å²) in [6, 6.07) is 18.2. The molecule has 2 aromatic rings. The highest BCUT2D eigenvalue weighted by Gasteiger charge is 2.61. The number of benzene rings is 2. The van der Waals surface area contributed by atoms with Gasteiger partial charge in [0.05, 0.1) is 12.6 Å². The number of rotatable bonds is 8. The number of amides is 1. The second-order valence-corrected chi connectivity index (χ2v) is 9.52.